The summed E-state index contributed by atoms with van der Waals surface area (Å²) in [4.78, 5) is 20.2. The zero-order valence-corrected chi connectivity index (χ0v) is 12.5. The van der Waals surface area contributed by atoms with Gasteiger partial charge in [-0.25, -0.2) is 9.78 Å². The van der Waals surface area contributed by atoms with Gasteiger partial charge in [-0.2, -0.15) is 0 Å². The minimum atomic E-state index is -0.470. The number of carbonyl (C=O) groups is 1. The van der Waals surface area contributed by atoms with Crippen LogP contribution in [0.15, 0.2) is 65.5 Å². The van der Waals surface area contributed by atoms with Crippen molar-refractivity contribution in [3.8, 4) is 11.5 Å². The van der Waals surface area contributed by atoms with E-state index in [4.69, 9.17) is 9.15 Å². The summed E-state index contributed by atoms with van der Waals surface area (Å²) in [6.45, 7) is 0.335. The quantitative estimate of drug-likeness (QED) is 0.515. The molecule has 5 heteroatoms. The number of hydrogen-bond acceptors (Lipinski definition) is 5. The Labute approximate surface area is 134 Å². The van der Waals surface area contributed by atoms with Gasteiger partial charge in [0.05, 0.1) is 6.61 Å². The number of ether oxygens (including phenoxy) is 1. The largest absolute Gasteiger partial charge is 0.461 e. The highest BCUT2D eigenvalue weighted by atomic mass is 16.5. The van der Waals surface area contributed by atoms with Crippen LogP contribution in [0.1, 0.15) is 22.5 Å². The van der Waals surface area contributed by atoms with Crippen molar-refractivity contribution in [2.45, 2.75) is 12.8 Å². The minimum absolute atomic E-state index is 0.185. The summed E-state index contributed by atoms with van der Waals surface area (Å²) in [6, 6.07) is 13.3. The fourth-order valence-corrected chi connectivity index (χ4v) is 2.14. The van der Waals surface area contributed by atoms with Crippen LogP contribution >= 0.6 is 0 Å². The van der Waals surface area contributed by atoms with Crippen molar-refractivity contribution in [3.63, 3.8) is 0 Å². The number of oxazole rings is 1. The number of aromatic nitrogens is 2. The predicted molar refractivity (Wildman–Crippen MR) is 84.8 cm³/mol. The molecule has 0 spiro atoms. The van der Waals surface area contributed by atoms with E-state index in [9.17, 15) is 4.79 Å². The van der Waals surface area contributed by atoms with Gasteiger partial charge in [0, 0.05) is 18.0 Å². The zero-order valence-electron chi connectivity index (χ0n) is 12.5. The Morgan fingerprint density at radius 3 is 2.78 bits per heavy atom. The van der Waals surface area contributed by atoms with Crippen LogP contribution in [0.5, 0.6) is 0 Å². The van der Waals surface area contributed by atoms with Crippen LogP contribution in [0.4, 0.5) is 0 Å². The van der Waals surface area contributed by atoms with Crippen LogP contribution in [-0.4, -0.2) is 22.5 Å². The van der Waals surface area contributed by atoms with Crippen molar-refractivity contribution in [2.75, 3.05) is 6.61 Å². The van der Waals surface area contributed by atoms with Crippen molar-refractivity contribution in [1.29, 1.82) is 0 Å². The summed E-state index contributed by atoms with van der Waals surface area (Å²) in [6.07, 6.45) is 6.42. The monoisotopic (exact) mass is 308 g/mol. The number of carbonyl (C=O) groups excluding carboxylic acids is 1. The molecule has 0 aliphatic carbocycles. The van der Waals surface area contributed by atoms with Gasteiger partial charge in [-0.15, -0.1) is 0 Å². The van der Waals surface area contributed by atoms with Gasteiger partial charge < -0.3 is 9.15 Å². The molecule has 3 rings (SSSR count). The third kappa shape index (κ3) is 4.03. The second kappa shape index (κ2) is 7.35. The summed E-state index contributed by atoms with van der Waals surface area (Å²) < 4.78 is 10.5. The Bertz CT molecular complexity index is 754. The van der Waals surface area contributed by atoms with E-state index in [-0.39, 0.29) is 5.69 Å². The lowest BCUT2D eigenvalue weighted by atomic mass is 10.2. The van der Waals surface area contributed by atoms with Gasteiger partial charge in [0.25, 0.3) is 0 Å². The van der Waals surface area contributed by atoms with Crippen molar-refractivity contribution >= 4 is 5.97 Å². The SMILES string of the molecule is O=C(OCCCc1cccnc1)c1coc(-c2ccccc2)n1. The number of nitrogens with zero attached hydrogens (tertiary/aromatic N) is 2. The van der Waals surface area contributed by atoms with E-state index in [1.54, 1.807) is 6.20 Å². The molecule has 0 saturated carbocycles. The first-order valence-corrected chi connectivity index (χ1v) is 7.40. The van der Waals surface area contributed by atoms with Crippen LogP contribution in [-0.2, 0) is 11.2 Å². The second-order valence-corrected chi connectivity index (χ2v) is 5.00. The maximum atomic E-state index is 11.9. The summed E-state index contributed by atoms with van der Waals surface area (Å²) in [7, 11) is 0. The first kappa shape index (κ1) is 15.0. The summed E-state index contributed by atoms with van der Waals surface area (Å²) in [5.41, 5.74) is 2.13. The fraction of sp³-hybridized carbons (Fsp3) is 0.167. The molecule has 0 bridgehead atoms. The molecule has 0 aliphatic heterocycles. The molecular formula is C18H16N2O3. The average Bonchev–Trinajstić information content (AvgIpc) is 3.10. The molecule has 0 unspecified atom stereocenters. The predicted octanol–water partition coefficient (Wildman–Crippen LogP) is 3.53. The Hall–Kier alpha value is -2.95. The molecule has 23 heavy (non-hydrogen) atoms. The summed E-state index contributed by atoms with van der Waals surface area (Å²) in [5, 5.41) is 0. The molecule has 2 aromatic heterocycles. The van der Waals surface area contributed by atoms with Gasteiger partial charge in [0.1, 0.15) is 6.26 Å². The van der Waals surface area contributed by atoms with Gasteiger partial charge in [-0.3, -0.25) is 4.98 Å². The number of benzene rings is 1. The molecule has 116 valence electrons. The third-order valence-corrected chi connectivity index (χ3v) is 3.30. The molecule has 1 aromatic carbocycles. The van der Waals surface area contributed by atoms with E-state index < -0.39 is 5.97 Å². The van der Waals surface area contributed by atoms with Gasteiger partial charge >= 0.3 is 5.97 Å². The lowest BCUT2D eigenvalue weighted by Gasteiger charge is -2.02. The van der Waals surface area contributed by atoms with Crippen LogP contribution in [0.25, 0.3) is 11.5 Å². The van der Waals surface area contributed by atoms with E-state index in [1.807, 2.05) is 48.7 Å². The number of esters is 1. The van der Waals surface area contributed by atoms with Crippen LogP contribution in [0.2, 0.25) is 0 Å². The van der Waals surface area contributed by atoms with E-state index in [0.29, 0.717) is 12.5 Å². The highest BCUT2D eigenvalue weighted by molar-refractivity contribution is 5.87. The van der Waals surface area contributed by atoms with Crippen molar-refractivity contribution in [2.24, 2.45) is 0 Å². The van der Waals surface area contributed by atoms with Crippen molar-refractivity contribution < 1.29 is 13.9 Å². The summed E-state index contributed by atoms with van der Waals surface area (Å²) >= 11 is 0. The third-order valence-electron chi connectivity index (χ3n) is 3.30. The van der Waals surface area contributed by atoms with Gasteiger partial charge in [0.2, 0.25) is 5.89 Å². The normalized spacial score (nSPS) is 10.4. The Morgan fingerprint density at radius 2 is 2.00 bits per heavy atom. The van der Waals surface area contributed by atoms with Gasteiger partial charge in [-0.1, -0.05) is 24.3 Å². The molecule has 0 amide bonds. The van der Waals surface area contributed by atoms with E-state index in [2.05, 4.69) is 9.97 Å². The zero-order chi connectivity index (χ0) is 15.9. The number of pyridine rings is 1. The highest BCUT2D eigenvalue weighted by Gasteiger charge is 2.14. The first-order valence-electron chi connectivity index (χ1n) is 7.40. The standard InChI is InChI=1S/C18H16N2O3/c21-18(22-11-5-7-14-6-4-10-19-12-14)16-13-23-17(20-16)15-8-2-1-3-9-15/h1-4,6,8-10,12-13H,5,7,11H2. The van der Waals surface area contributed by atoms with Crippen molar-refractivity contribution in [1.82, 2.24) is 9.97 Å². The molecule has 0 radical (unpaired) electrons. The second-order valence-electron chi connectivity index (χ2n) is 5.00. The van der Waals surface area contributed by atoms with Crippen LogP contribution in [0.3, 0.4) is 0 Å². The van der Waals surface area contributed by atoms with E-state index >= 15 is 0 Å². The Kier molecular flexibility index (Phi) is 4.79. The molecule has 3 aromatic rings. The number of hydrogen-bond donors (Lipinski definition) is 0. The molecular weight excluding hydrogens is 292 g/mol. The van der Waals surface area contributed by atoms with E-state index in [0.717, 1.165) is 24.0 Å². The smallest absolute Gasteiger partial charge is 0.360 e. The van der Waals surface area contributed by atoms with Gasteiger partial charge in [0.15, 0.2) is 5.69 Å². The number of aryl methyl sites for hydroxylation is 1. The molecule has 2 heterocycles. The van der Waals surface area contributed by atoms with Crippen LogP contribution < -0.4 is 0 Å². The van der Waals surface area contributed by atoms with Gasteiger partial charge in [-0.05, 0) is 36.6 Å². The average molecular weight is 308 g/mol. The molecule has 0 N–H and O–H groups in total. The Balaban J connectivity index is 1.50. The fourth-order valence-electron chi connectivity index (χ4n) is 2.14. The highest BCUT2D eigenvalue weighted by Crippen LogP contribution is 2.18. The van der Waals surface area contributed by atoms with Crippen molar-refractivity contribution in [3.05, 3.63) is 72.4 Å². The van der Waals surface area contributed by atoms with E-state index in [1.165, 1.54) is 6.26 Å². The van der Waals surface area contributed by atoms with Crippen LogP contribution in [0, 0.1) is 0 Å². The number of rotatable bonds is 6. The topological polar surface area (TPSA) is 65.2 Å². The molecule has 0 aliphatic rings. The Morgan fingerprint density at radius 1 is 1.13 bits per heavy atom. The molecule has 0 saturated heterocycles. The molecule has 5 nitrogen and oxygen atoms in total. The molecule has 0 atom stereocenters. The maximum absolute atomic E-state index is 11.9. The minimum Gasteiger partial charge on any atom is -0.461 e. The maximum Gasteiger partial charge on any atom is 0.360 e. The lowest BCUT2D eigenvalue weighted by molar-refractivity contribution is 0.0493. The first-order chi connectivity index (χ1) is 11.3. The molecule has 0 fully saturated rings. The summed E-state index contributed by atoms with van der Waals surface area (Å²) in [5.74, 6) is -0.0602. The lowest BCUT2D eigenvalue weighted by Crippen LogP contribution is -2.07.